The van der Waals surface area contributed by atoms with Crippen molar-refractivity contribution >= 4 is 44.8 Å². The molecule has 1 heterocycles. The molecule has 3 rings (SSSR count). The van der Waals surface area contributed by atoms with E-state index in [4.69, 9.17) is 10.00 Å². The van der Waals surface area contributed by atoms with Crippen LogP contribution in [0.3, 0.4) is 0 Å². The third-order valence-corrected chi connectivity index (χ3v) is 8.74. The van der Waals surface area contributed by atoms with Gasteiger partial charge in [-0.1, -0.05) is 18.2 Å². The molecule has 0 radical (unpaired) electrons. The molecule has 0 bridgehead atoms. The van der Waals surface area contributed by atoms with Gasteiger partial charge in [0, 0.05) is 16.1 Å². The Morgan fingerprint density at radius 1 is 1.23 bits per heavy atom. The van der Waals surface area contributed by atoms with Crippen LogP contribution >= 0.6 is 27.2 Å². The van der Waals surface area contributed by atoms with Crippen molar-refractivity contribution in [3.63, 3.8) is 0 Å². The van der Waals surface area contributed by atoms with Crippen LogP contribution in [0.2, 0.25) is 0 Å². The predicted octanol–water partition coefficient (Wildman–Crippen LogP) is 4.75. The molecule has 1 unspecified atom stereocenters. The molecular weight excluding hydrogens is 499 g/mol. The molecule has 1 saturated heterocycles. The number of thiol groups is 1. The topological polar surface area (TPSA) is 73.6 Å². The van der Waals surface area contributed by atoms with E-state index in [-0.39, 0.29) is 11.4 Å². The summed E-state index contributed by atoms with van der Waals surface area (Å²) in [5, 5.41) is 10.0. The number of para-hydroxylation sites is 1. The molecule has 0 aromatic heterocycles. The number of ether oxygens (including phenoxy) is 1. The van der Waals surface area contributed by atoms with Gasteiger partial charge in [-0.05, 0) is 44.2 Å². The van der Waals surface area contributed by atoms with Gasteiger partial charge in [-0.2, -0.15) is 18.4 Å². The average molecular weight is 516 g/mol. The van der Waals surface area contributed by atoms with Gasteiger partial charge in [-0.25, -0.2) is 5.01 Å². The summed E-state index contributed by atoms with van der Waals surface area (Å²) >= 11 is 1.73. The van der Waals surface area contributed by atoms with Crippen LogP contribution in [0.5, 0.6) is 5.75 Å². The van der Waals surface area contributed by atoms with Gasteiger partial charge in [-0.15, -0.1) is 14.5 Å². The van der Waals surface area contributed by atoms with E-state index >= 15 is 0 Å². The fourth-order valence-electron chi connectivity index (χ4n) is 3.00. The Morgan fingerprint density at radius 3 is 2.45 bits per heavy atom. The second-order valence-corrected chi connectivity index (χ2v) is 10.9. The van der Waals surface area contributed by atoms with E-state index in [0.717, 1.165) is 17.1 Å². The highest BCUT2D eigenvalue weighted by molar-refractivity contribution is 9.09. The highest BCUT2D eigenvalue weighted by Crippen LogP contribution is 2.55. The second-order valence-electron chi connectivity index (χ2n) is 7.10. The first-order chi connectivity index (χ1) is 14.5. The summed E-state index contributed by atoms with van der Waals surface area (Å²) in [6, 6.07) is 13.0. The number of carbonyl (C=O) groups is 2. The fraction of sp³-hybridized carbons (Fsp3) is 0.250. The summed E-state index contributed by atoms with van der Waals surface area (Å²) in [4.78, 5) is 25.5. The molecule has 2 aromatic carbocycles. The second kappa shape index (κ2) is 8.53. The first-order valence-electron chi connectivity index (χ1n) is 8.92. The van der Waals surface area contributed by atoms with Gasteiger partial charge in [0.2, 0.25) is 0 Å². The zero-order valence-corrected chi connectivity index (χ0v) is 18.8. The molecule has 1 amide bonds. The number of carbonyl (C=O) groups excluding carboxylic acids is 2. The number of amides is 1. The summed E-state index contributed by atoms with van der Waals surface area (Å²) in [6.45, 7) is 3.25. The van der Waals surface area contributed by atoms with Gasteiger partial charge in [0.1, 0.15) is 5.75 Å². The number of benzene rings is 2. The number of rotatable bonds is 4. The third kappa shape index (κ3) is 4.56. The zero-order chi connectivity index (χ0) is 23.0. The fourth-order valence-corrected chi connectivity index (χ4v) is 6.80. The monoisotopic (exact) mass is 515 g/mol. The minimum atomic E-state index is -4.76. The number of hydrogen-bond donors (Lipinski definition) is 1. The maximum Gasteiger partial charge on any atom is 0.417 e. The Hall–Kier alpha value is -2.55. The van der Waals surface area contributed by atoms with Crippen molar-refractivity contribution < 1.29 is 27.5 Å². The standard InChI is InChI=1S/C20H17BrF3N3O3S/c1-19(2)18(29)26(14-9-8-13(11-25)16(10-14)20(22,23)24)27(21)31(19)12-17(28)30-15-6-4-3-5-7-15/h3-10,31H,12H2,1-2H3. The Kier molecular flexibility index (Phi) is 6.36. The number of hydrogen-bond acceptors (Lipinski definition) is 5. The van der Waals surface area contributed by atoms with Gasteiger partial charge in [-0.3, -0.25) is 9.59 Å². The molecule has 0 spiro atoms. The van der Waals surface area contributed by atoms with Crippen LogP contribution < -0.4 is 9.75 Å². The van der Waals surface area contributed by atoms with Gasteiger partial charge in [0.25, 0.3) is 5.91 Å². The molecular formula is C20H17BrF3N3O3S. The van der Waals surface area contributed by atoms with Crippen molar-refractivity contribution in [3.8, 4) is 11.8 Å². The maximum atomic E-state index is 13.4. The van der Waals surface area contributed by atoms with Crippen molar-refractivity contribution in [2.24, 2.45) is 0 Å². The number of alkyl halides is 3. The molecule has 11 heteroatoms. The van der Waals surface area contributed by atoms with Crippen molar-refractivity contribution in [3.05, 3.63) is 59.7 Å². The molecule has 0 aliphatic carbocycles. The highest BCUT2D eigenvalue weighted by atomic mass is 79.9. The quantitative estimate of drug-likeness (QED) is 0.275. The zero-order valence-electron chi connectivity index (χ0n) is 16.4. The van der Waals surface area contributed by atoms with Gasteiger partial charge in [0.15, 0.2) is 0 Å². The Labute approximate surface area is 188 Å². The normalized spacial score (nSPS) is 19.8. The lowest BCUT2D eigenvalue weighted by Gasteiger charge is -2.30. The van der Waals surface area contributed by atoms with E-state index in [0.29, 0.717) is 5.75 Å². The van der Waals surface area contributed by atoms with E-state index in [1.807, 2.05) is 0 Å². The maximum absolute atomic E-state index is 13.4. The minimum Gasteiger partial charge on any atom is -0.426 e. The van der Waals surface area contributed by atoms with Crippen molar-refractivity contribution in [1.82, 2.24) is 3.44 Å². The lowest BCUT2D eigenvalue weighted by atomic mass is 10.1. The number of esters is 1. The SMILES string of the molecule is CC1(C)C(=O)N(c2ccc(C#N)c(C(F)(F)F)c2)N(Br)[SH]1CC(=O)Oc1ccccc1. The van der Waals surface area contributed by atoms with Crippen molar-refractivity contribution in [2.75, 3.05) is 10.8 Å². The van der Waals surface area contributed by atoms with Crippen LogP contribution in [-0.4, -0.2) is 25.8 Å². The minimum absolute atomic E-state index is 0.0669. The molecule has 1 fully saturated rings. The van der Waals surface area contributed by atoms with E-state index in [9.17, 15) is 22.8 Å². The molecule has 1 aliphatic heterocycles. The first-order valence-corrected chi connectivity index (χ1v) is 11.1. The third-order valence-electron chi connectivity index (χ3n) is 4.65. The molecule has 6 nitrogen and oxygen atoms in total. The molecule has 1 atom stereocenters. The van der Waals surface area contributed by atoms with Crippen LogP contribution in [0.1, 0.15) is 25.0 Å². The average Bonchev–Trinajstić information content (AvgIpc) is 2.87. The van der Waals surface area contributed by atoms with Gasteiger partial charge < -0.3 is 4.74 Å². The lowest BCUT2D eigenvalue weighted by Crippen LogP contribution is -2.37. The van der Waals surface area contributed by atoms with Crippen molar-refractivity contribution in [2.45, 2.75) is 24.8 Å². The largest absolute Gasteiger partial charge is 0.426 e. The predicted molar refractivity (Wildman–Crippen MR) is 114 cm³/mol. The smallest absolute Gasteiger partial charge is 0.417 e. The van der Waals surface area contributed by atoms with Gasteiger partial charge >= 0.3 is 12.1 Å². The summed E-state index contributed by atoms with van der Waals surface area (Å²) < 4.78 is 45.7. The van der Waals surface area contributed by atoms with E-state index < -0.39 is 45.0 Å². The first kappa shape index (κ1) is 23.1. The molecule has 2 aromatic rings. The molecule has 164 valence electrons. The molecule has 0 saturated carbocycles. The van der Waals surface area contributed by atoms with Gasteiger partial charge in [0.05, 0.1) is 33.4 Å². The lowest BCUT2D eigenvalue weighted by molar-refractivity contribution is -0.138. The van der Waals surface area contributed by atoms with Crippen LogP contribution in [0.4, 0.5) is 18.9 Å². The number of halogens is 4. The molecule has 1 aliphatic rings. The number of hydrazine groups is 1. The Bertz CT molecular complexity index is 1060. The van der Waals surface area contributed by atoms with Crippen molar-refractivity contribution in [1.29, 1.82) is 5.26 Å². The Morgan fingerprint density at radius 2 is 1.87 bits per heavy atom. The number of anilines is 1. The number of nitrogens with zero attached hydrogens (tertiary/aromatic N) is 3. The van der Waals surface area contributed by atoms with Crippen LogP contribution in [0.15, 0.2) is 48.5 Å². The number of nitriles is 1. The Balaban J connectivity index is 1.90. The van der Waals surface area contributed by atoms with E-state index in [1.54, 1.807) is 44.2 Å². The van der Waals surface area contributed by atoms with Crippen LogP contribution in [0, 0.1) is 11.3 Å². The van der Waals surface area contributed by atoms with E-state index in [1.165, 1.54) is 15.6 Å². The summed E-state index contributed by atoms with van der Waals surface area (Å²) in [5.41, 5.74) is -1.75. The van der Waals surface area contributed by atoms with Crippen LogP contribution in [-0.2, 0) is 15.8 Å². The molecule has 0 N–H and O–H groups in total. The molecule has 31 heavy (non-hydrogen) atoms. The summed E-state index contributed by atoms with van der Waals surface area (Å²) in [6.07, 6.45) is -4.76. The highest BCUT2D eigenvalue weighted by Gasteiger charge is 2.51. The van der Waals surface area contributed by atoms with Crippen LogP contribution in [0.25, 0.3) is 0 Å². The van der Waals surface area contributed by atoms with E-state index in [2.05, 4.69) is 16.1 Å². The summed E-state index contributed by atoms with van der Waals surface area (Å²) in [5.74, 6) is -0.834. The summed E-state index contributed by atoms with van der Waals surface area (Å²) in [7, 11) is 0.